The van der Waals surface area contributed by atoms with Crippen LogP contribution in [-0.4, -0.2) is 72.5 Å². The number of carbonyl (C=O) groups is 2. The molecular formula is C21H34N4O3S. The topological polar surface area (TPSA) is 81.8 Å². The molecular weight excluding hydrogens is 388 g/mol. The highest BCUT2D eigenvalue weighted by atomic mass is 32.2. The molecule has 1 heterocycles. The molecule has 0 saturated carbocycles. The Morgan fingerprint density at radius 1 is 1.24 bits per heavy atom. The number of benzene rings is 1. The first-order valence-corrected chi connectivity index (χ1v) is 11.5. The van der Waals surface area contributed by atoms with E-state index in [1.54, 1.807) is 35.4 Å². The van der Waals surface area contributed by atoms with Gasteiger partial charge in [0.05, 0.1) is 0 Å². The Balaban J connectivity index is 1.80. The summed E-state index contributed by atoms with van der Waals surface area (Å²) in [5.74, 6) is 0.0232. The lowest BCUT2D eigenvalue weighted by Crippen LogP contribution is -2.46. The Morgan fingerprint density at radius 2 is 1.90 bits per heavy atom. The summed E-state index contributed by atoms with van der Waals surface area (Å²) in [4.78, 5) is 29.6. The molecule has 2 N–H and O–H groups in total. The van der Waals surface area contributed by atoms with Gasteiger partial charge in [0.1, 0.15) is 0 Å². The van der Waals surface area contributed by atoms with Crippen LogP contribution in [0, 0.1) is 11.3 Å². The molecule has 0 radical (unpaired) electrons. The standard InChI is InChI=1S/C21H34N4O3S/c1-21(2,15-24(3)4)14-22-19(26)16-9-11-25(12-10-16)20(27)23-17-7-6-8-18(13-17)29(5)28/h6-8,13,16H,9-12,14-15H2,1-5H3,(H,22,26)(H,23,27). The zero-order valence-electron chi connectivity index (χ0n) is 18.2. The van der Waals surface area contributed by atoms with E-state index >= 15 is 0 Å². The van der Waals surface area contributed by atoms with E-state index in [2.05, 4.69) is 29.4 Å². The number of rotatable bonds is 7. The van der Waals surface area contributed by atoms with Crippen LogP contribution in [0.2, 0.25) is 0 Å². The molecule has 162 valence electrons. The number of nitrogens with zero attached hydrogens (tertiary/aromatic N) is 2. The van der Waals surface area contributed by atoms with Gasteiger partial charge in [0.15, 0.2) is 0 Å². The van der Waals surface area contributed by atoms with Crippen LogP contribution >= 0.6 is 0 Å². The normalized spacial score (nSPS) is 16.6. The van der Waals surface area contributed by atoms with Gasteiger partial charge in [-0.05, 0) is 50.6 Å². The van der Waals surface area contributed by atoms with Gasteiger partial charge in [-0.25, -0.2) is 4.79 Å². The minimum Gasteiger partial charge on any atom is -0.355 e. The molecule has 1 fully saturated rings. The molecule has 3 amide bonds. The number of carbonyl (C=O) groups excluding carboxylic acids is 2. The van der Waals surface area contributed by atoms with Gasteiger partial charge in [-0.15, -0.1) is 0 Å². The Labute approximate surface area is 176 Å². The summed E-state index contributed by atoms with van der Waals surface area (Å²) in [5, 5.41) is 5.95. The van der Waals surface area contributed by atoms with Gasteiger partial charge >= 0.3 is 6.03 Å². The van der Waals surface area contributed by atoms with Crippen molar-refractivity contribution in [2.24, 2.45) is 11.3 Å². The first-order chi connectivity index (χ1) is 13.6. The Kier molecular flexibility index (Phi) is 8.22. The predicted molar refractivity (Wildman–Crippen MR) is 117 cm³/mol. The minimum atomic E-state index is -1.09. The summed E-state index contributed by atoms with van der Waals surface area (Å²) in [7, 11) is 2.97. The van der Waals surface area contributed by atoms with Crippen LogP contribution in [0.4, 0.5) is 10.5 Å². The van der Waals surface area contributed by atoms with Crippen LogP contribution in [0.25, 0.3) is 0 Å². The lowest BCUT2D eigenvalue weighted by atomic mass is 9.91. The number of hydrogen-bond donors (Lipinski definition) is 2. The fourth-order valence-electron chi connectivity index (χ4n) is 3.68. The van der Waals surface area contributed by atoms with Crippen molar-refractivity contribution in [1.82, 2.24) is 15.1 Å². The molecule has 1 unspecified atom stereocenters. The fraction of sp³-hybridized carbons (Fsp3) is 0.619. The molecule has 0 spiro atoms. The second-order valence-corrected chi connectivity index (χ2v) is 10.2. The van der Waals surface area contributed by atoms with Crippen molar-refractivity contribution in [3.63, 3.8) is 0 Å². The number of nitrogens with one attached hydrogen (secondary N) is 2. The van der Waals surface area contributed by atoms with Crippen LogP contribution in [0.3, 0.4) is 0 Å². The summed E-state index contributed by atoms with van der Waals surface area (Å²) in [5.41, 5.74) is 0.641. The van der Waals surface area contributed by atoms with Crippen LogP contribution in [0.5, 0.6) is 0 Å². The molecule has 0 aliphatic carbocycles. The third kappa shape index (κ3) is 7.44. The molecule has 1 atom stereocenters. The molecule has 29 heavy (non-hydrogen) atoms. The predicted octanol–water partition coefficient (Wildman–Crippen LogP) is 2.37. The van der Waals surface area contributed by atoms with Crippen LogP contribution in [0.15, 0.2) is 29.2 Å². The zero-order valence-corrected chi connectivity index (χ0v) is 19.0. The van der Waals surface area contributed by atoms with Crippen LogP contribution in [0.1, 0.15) is 26.7 Å². The molecule has 7 nitrogen and oxygen atoms in total. The maximum absolute atomic E-state index is 12.5. The smallest absolute Gasteiger partial charge is 0.321 e. The van der Waals surface area contributed by atoms with E-state index in [1.165, 1.54) is 0 Å². The molecule has 1 aromatic rings. The maximum Gasteiger partial charge on any atom is 0.321 e. The van der Waals surface area contributed by atoms with Crippen molar-refractivity contribution < 1.29 is 13.8 Å². The molecule has 1 aliphatic heterocycles. The van der Waals surface area contributed by atoms with Crippen LogP contribution < -0.4 is 10.6 Å². The van der Waals surface area contributed by atoms with Gasteiger partial charge in [-0.2, -0.15) is 0 Å². The van der Waals surface area contributed by atoms with Gasteiger partial charge in [0, 0.05) is 59.7 Å². The van der Waals surface area contributed by atoms with Crippen LogP contribution in [-0.2, 0) is 15.6 Å². The lowest BCUT2D eigenvalue weighted by Gasteiger charge is -2.33. The molecule has 1 aromatic carbocycles. The maximum atomic E-state index is 12.5. The highest BCUT2D eigenvalue weighted by molar-refractivity contribution is 7.84. The third-order valence-corrected chi connectivity index (χ3v) is 5.97. The highest BCUT2D eigenvalue weighted by Crippen LogP contribution is 2.21. The first-order valence-electron chi connectivity index (χ1n) is 9.99. The van der Waals surface area contributed by atoms with E-state index in [0.29, 0.717) is 43.1 Å². The Morgan fingerprint density at radius 3 is 2.48 bits per heavy atom. The van der Waals surface area contributed by atoms with Gasteiger partial charge in [-0.3, -0.25) is 9.00 Å². The number of likely N-dealkylation sites (tertiary alicyclic amines) is 1. The van der Waals surface area contributed by atoms with Gasteiger partial charge in [0.2, 0.25) is 5.91 Å². The monoisotopic (exact) mass is 422 g/mol. The van der Waals surface area contributed by atoms with Gasteiger partial charge in [-0.1, -0.05) is 19.9 Å². The van der Waals surface area contributed by atoms with Gasteiger partial charge < -0.3 is 20.4 Å². The minimum absolute atomic E-state index is 0.0104. The number of hydrogen-bond acceptors (Lipinski definition) is 4. The molecule has 2 rings (SSSR count). The molecule has 8 heteroatoms. The summed E-state index contributed by atoms with van der Waals surface area (Å²) in [6.45, 7) is 6.92. The van der Waals surface area contributed by atoms with Gasteiger partial charge in [0.25, 0.3) is 0 Å². The van der Waals surface area contributed by atoms with Crippen molar-refractivity contribution in [2.45, 2.75) is 31.6 Å². The molecule has 0 aromatic heterocycles. The van der Waals surface area contributed by atoms with Crippen molar-refractivity contribution in [3.05, 3.63) is 24.3 Å². The van der Waals surface area contributed by atoms with Crippen molar-refractivity contribution in [1.29, 1.82) is 0 Å². The highest BCUT2D eigenvalue weighted by Gasteiger charge is 2.28. The molecule has 1 saturated heterocycles. The number of anilines is 1. The average Bonchev–Trinajstić information content (AvgIpc) is 2.65. The summed E-state index contributed by atoms with van der Waals surface area (Å²) < 4.78 is 11.6. The SMILES string of the molecule is CN(C)CC(C)(C)CNC(=O)C1CCN(C(=O)Nc2cccc(S(C)=O)c2)CC1. The third-order valence-electron chi connectivity index (χ3n) is 5.06. The quantitative estimate of drug-likeness (QED) is 0.707. The first kappa shape index (κ1) is 23.3. The number of urea groups is 1. The number of amides is 3. The van der Waals surface area contributed by atoms with E-state index in [9.17, 15) is 13.8 Å². The summed E-state index contributed by atoms with van der Waals surface area (Å²) in [6, 6.07) is 6.87. The molecule has 0 bridgehead atoms. The summed E-state index contributed by atoms with van der Waals surface area (Å²) >= 11 is 0. The van der Waals surface area contributed by atoms with E-state index in [0.717, 1.165) is 6.54 Å². The van der Waals surface area contributed by atoms with E-state index < -0.39 is 10.8 Å². The zero-order chi connectivity index (χ0) is 21.6. The van der Waals surface area contributed by atoms with E-state index in [1.807, 2.05) is 14.1 Å². The van der Waals surface area contributed by atoms with E-state index in [-0.39, 0.29) is 23.3 Å². The van der Waals surface area contributed by atoms with Crippen molar-refractivity contribution >= 4 is 28.4 Å². The molecule has 1 aliphatic rings. The van der Waals surface area contributed by atoms with Crippen molar-refractivity contribution in [2.75, 3.05) is 51.8 Å². The summed E-state index contributed by atoms with van der Waals surface area (Å²) in [6.07, 6.45) is 2.93. The Bertz CT molecular complexity index is 743. The fourth-order valence-corrected chi connectivity index (χ4v) is 4.25. The largest absolute Gasteiger partial charge is 0.355 e. The number of piperidine rings is 1. The Hall–Kier alpha value is -1.93. The lowest BCUT2D eigenvalue weighted by molar-refractivity contribution is -0.126. The van der Waals surface area contributed by atoms with E-state index in [4.69, 9.17) is 0 Å². The second kappa shape index (κ2) is 10.2. The average molecular weight is 423 g/mol. The van der Waals surface area contributed by atoms with Crippen molar-refractivity contribution in [3.8, 4) is 0 Å². The second-order valence-electron chi connectivity index (χ2n) is 8.79.